The lowest BCUT2D eigenvalue weighted by Gasteiger charge is -2.07. The van der Waals surface area contributed by atoms with Gasteiger partial charge >= 0.3 is 0 Å². The molecule has 1 aromatic heterocycles. The maximum Gasteiger partial charge on any atom is 0.251 e. The van der Waals surface area contributed by atoms with Crippen LogP contribution in [0.25, 0.3) is 0 Å². The van der Waals surface area contributed by atoms with E-state index in [0.29, 0.717) is 39.4 Å². The van der Waals surface area contributed by atoms with E-state index >= 15 is 0 Å². The number of nitrogens with zero attached hydrogens (tertiary/aromatic N) is 1. The van der Waals surface area contributed by atoms with E-state index in [2.05, 4.69) is 10.5 Å². The summed E-state index contributed by atoms with van der Waals surface area (Å²) in [7, 11) is 0. The molecular formula is C19H16Cl2N2O2S. The molecule has 1 amide bonds. The van der Waals surface area contributed by atoms with Crippen molar-refractivity contribution in [3.05, 3.63) is 81.2 Å². The second-order valence-corrected chi connectivity index (χ2v) is 7.54. The van der Waals surface area contributed by atoms with Crippen molar-refractivity contribution >= 4 is 40.9 Å². The first kappa shape index (κ1) is 18.8. The van der Waals surface area contributed by atoms with Crippen LogP contribution >= 0.6 is 35.0 Å². The highest BCUT2D eigenvalue weighted by atomic mass is 35.5. The molecule has 4 nitrogen and oxygen atoms in total. The number of rotatable bonds is 6. The summed E-state index contributed by atoms with van der Waals surface area (Å²) in [5, 5.41) is 8.01. The number of amides is 1. The van der Waals surface area contributed by atoms with Crippen LogP contribution in [-0.4, -0.2) is 11.1 Å². The van der Waals surface area contributed by atoms with Crippen LogP contribution in [0.15, 0.2) is 57.9 Å². The molecule has 134 valence electrons. The van der Waals surface area contributed by atoms with Crippen molar-refractivity contribution in [2.75, 3.05) is 0 Å². The quantitative estimate of drug-likeness (QED) is 0.548. The van der Waals surface area contributed by atoms with E-state index in [9.17, 15) is 4.79 Å². The smallest absolute Gasteiger partial charge is 0.251 e. The zero-order valence-corrected chi connectivity index (χ0v) is 16.3. The Balaban J connectivity index is 1.62. The van der Waals surface area contributed by atoms with E-state index in [0.717, 1.165) is 10.5 Å². The zero-order valence-electron chi connectivity index (χ0n) is 14.0. The van der Waals surface area contributed by atoms with Crippen LogP contribution < -0.4 is 5.32 Å². The number of carbonyl (C=O) groups is 1. The summed E-state index contributed by atoms with van der Waals surface area (Å²) in [6.07, 6.45) is 0. The Kier molecular flexibility index (Phi) is 6.25. The van der Waals surface area contributed by atoms with Crippen LogP contribution in [0.3, 0.4) is 0 Å². The average Bonchev–Trinajstić information content (AvgIpc) is 3.06. The molecule has 0 saturated heterocycles. The van der Waals surface area contributed by atoms with Crippen molar-refractivity contribution < 1.29 is 9.32 Å². The van der Waals surface area contributed by atoms with Crippen molar-refractivity contribution in [1.82, 2.24) is 10.5 Å². The lowest BCUT2D eigenvalue weighted by atomic mass is 10.1. The Hall–Kier alpha value is -1.95. The number of hydrogen-bond donors (Lipinski definition) is 1. The van der Waals surface area contributed by atoms with E-state index in [1.807, 2.05) is 31.2 Å². The molecule has 1 heterocycles. The highest BCUT2D eigenvalue weighted by Crippen LogP contribution is 2.32. The van der Waals surface area contributed by atoms with Gasteiger partial charge in [-0.05, 0) is 42.8 Å². The largest absolute Gasteiger partial charge is 0.361 e. The third-order valence-corrected chi connectivity index (χ3v) is 5.39. The molecule has 7 heteroatoms. The van der Waals surface area contributed by atoms with Gasteiger partial charge in [-0.1, -0.05) is 40.5 Å². The van der Waals surface area contributed by atoms with Crippen LogP contribution in [0.4, 0.5) is 0 Å². The molecule has 0 spiro atoms. The number of halogens is 2. The van der Waals surface area contributed by atoms with Gasteiger partial charge in [0.1, 0.15) is 11.5 Å². The predicted octanol–water partition coefficient (Wildman–Crippen LogP) is 5.51. The van der Waals surface area contributed by atoms with Gasteiger partial charge in [-0.2, -0.15) is 0 Å². The van der Waals surface area contributed by atoms with Gasteiger partial charge in [-0.3, -0.25) is 4.79 Å². The number of hydrogen-bond acceptors (Lipinski definition) is 4. The molecular weight excluding hydrogens is 391 g/mol. The SMILES string of the molecule is Cc1cc(CNC(=O)c2cccc(CSc3cc(Cl)ccc3Cl)c2)no1. The Labute approximate surface area is 165 Å². The van der Waals surface area contributed by atoms with Gasteiger partial charge in [0.05, 0.1) is 11.6 Å². The molecule has 0 fully saturated rings. The number of aryl methyl sites for hydroxylation is 1. The van der Waals surface area contributed by atoms with Gasteiger partial charge in [0.15, 0.2) is 0 Å². The fourth-order valence-electron chi connectivity index (χ4n) is 2.33. The molecule has 0 atom stereocenters. The van der Waals surface area contributed by atoms with Gasteiger partial charge in [0, 0.05) is 27.3 Å². The molecule has 26 heavy (non-hydrogen) atoms. The maximum atomic E-state index is 12.3. The summed E-state index contributed by atoms with van der Waals surface area (Å²) in [5.41, 5.74) is 2.31. The van der Waals surface area contributed by atoms with Gasteiger partial charge in [-0.15, -0.1) is 11.8 Å². The number of nitrogens with one attached hydrogen (secondary N) is 1. The number of aromatic nitrogens is 1. The summed E-state index contributed by atoms with van der Waals surface area (Å²) in [5.74, 6) is 1.25. The monoisotopic (exact) mass is 406 g/mol. The minimum atomic E-state index is -0.154. The van der Waals surface area contributed by atoms with Crippen LogP contribution in [-0.2, 0) is 12.3 Å². The first-order valence-electron chi connectivity index (χ1n) is 7.88. The predicted molar refractivity (Wildman–Crippen MR) is 105 cm³/mol. The second-order valence-electron chi connectivity index (χ2n) is 5.68. The number of carbonyl (C=O) groups excluding carboxylic acids is 1. The highest BCUT2D eigenvalue weighted by Gasteiger charge is 2.09. The van der Waals surface area contributed by atoms with E-state index in [4.69, 9.17) is 27.7 Å². The van der Waals surface area contributed by atoms with Crippen molar-refractivity contribution in [1.29, 1.82) is 0 Å². The van der Waals surface area contributed by atoms with Gasteiger partial charge in [-0.25, -0.2) is 0 Å². The Bertz CT molecular complexity index is 927. The molecule has 1 N–H and O–H groups in total. The topological polar surface area (TPSA) is 55.1 Å². The molecule has 0 unspecified atom stereocenters. The number of benzene rings is 2. The summed E-state index contributed by atoms with van der Waals surface area (Å²) in [4.78, 5) is 13.2. The molecule has 0 aliphatic carbocycles. The lowest BCUT2D eigenvalue weighted by Crippen LogP contribution is -2.23. The fraction of sp³-hybridized carbons (Fsp3) is 0.158. The van der Waals surface area contributed by atoms with Crippen molar-refractivity contribution in [2.24, 2.45) is 0 Å². The Morgan fingerprint density at radius 1 is 1.19 bits per heavy atom. The van der Waals surface area contributed by atoms with Crippen molar-refractivity contribution in [3.63, 3.8) is 0 Å². The summed E-state index contributed by atoms with van der Waals surface area (Å²) < 4.78 is 4.99. The van der Waals surface area contributed by atoms with Crippen LogP contribution in [0.2, 0.25) is 10.0 Å². The minimum absolute atomic E-state index is 0.154. The van der Waals surface area contributed by atoms with Gasteiger partial charge in [0.2, 0.25) is 0 Å². The average molecular weight is 407 g/mol. The molecule has 0 saturated carbocycles. The minimum Gasteiger partial charge on any atom is -0.361 e. The van der Waals surface area contributed by atoms with E-state index in [1.165, 1.54) is 0 Å². The summed E-state index contributed by atoms with van der Waals surface area (Å²) in [6.45, 7) is 2.14. The van der Waals surface area contributed by atoms with Crippen molar-refractivity contribution in [2.45, 2.75) is 24.1 Å². The highest BCUT2D eigenvalue weighted by molar-refractivity contribution is 7.98. The standard InChI is InChI=1S/C19H16Cl2N2O2S/c1-12-7-16(23-25-12)10-22-19(24)14-4-2-3-13(8-14)11-26-18-9-15(20)5-6-17(18)21/h2-9H,10-11H2,1H3,(H,22,24). The molecule has 0 aliphatic rings. The normalized spacial score (nSPS) is 10.7. The first-order chi connectivity index (χ1) is 12.5. The molecule has 3 aromatic rings. The van der Waals surface area contributed by atoms with Crippen LogP contribution in [0.1, 0.15) is 27.4 Å². The molecule has 0 bridgehead atoms. The maximum absolute atomic E-state index is 12.3. The summed E-state index contributed by atoms with van der Waals surface area (Å²) >= 11 is 13.8. The third kappa shape index (κ3) is 5.04. The summed E-state index contributed by atoms with van der Waals surface area (Å²) in [6, 6.07) is 14.7. The number of thioether (sulfide) groups is 1. The molecule has 0 aliphatic heterocycles. The Morgan fingerprint density at radius 2 is 2.04 bits per heavy atom. The zero-order chi connectivity index (χ0) is 18.5. The van der Waals surface area contributed by atoms with Gasteiger partial charge < -0.3 is 9.84 Å². The van der Waals surface area contributed by atoms with E-state index < -0.39 is 0 Å². The molecule has 0 radical (unpaired) electrons. The van der Waals surface area contributed by atoms with Crippen molar-refractivity contribution in [3.8, 4) is 0 Å². The van der Waals surface area contributed by atoms with Crippen LogP contribution in [0.5, 0.6) is 0 Å². The van der Waals surface area contributed by atoms with Gasteiger partial charge in [0.25, 0.3) is 5.91 Å². The third-order valence-electron chi connectivity index (χ3n) is 3.58. The van der Waals surface area contributed by atoms with E-state index in [1.54, 1.807) is 36.0 Å². The molecule has 2 aromatic carbocycles. The first-order valence-corrected chi connectivity index (χ1v) is 9.62. The lowest BCUT2D eigenvalue weighted by molar-refractivity contribution is 0.0950. The second kappa shape index (κ2) is 8.62. The van der Waals surface area contributed by atoms with Crippen LogP contribution in [0, 0.1) is 6.92 Å². The molecule has 3 rings (SSSR count). The van der Waals surface area contributed by atoms with E-state index in [-0.39, 0.29) is 5.91 Å². The fourth-order valence-corrected chi connectivity index (χ4v) is 3.76. The Morgan fingerprint density at radius 3 is 2.81 bits per heavy atom.